The van der Waals surface area contributed by atoms with Gasteiger partial charge in [0.25, 0.3) is 0 Å². The maximum absolute atomic E-state index is 8.97. The summed E-state index contributed by atoms with van der Waals surface area (Å²) in [5, 5.41) is 53.8. The van der Waals surface area contributed by atoms with Crippen molar-refractivity contribution >= 4 is 37.7 Å². The van der Waals surface area contributed by atoms with Crippen molar-refractivity contribution < 1.29 is 30.6 Å². The first kappa shape index (κ1) is 14.0. The van der Waals surface area contributed by atoms with Crippen LogP contribution in [-0.2, 0) is 0 Å². The summed E-state index contributed by atoms with van der Waals surface area (Å²) in [6, 6.07) is 0. The standard InChI is InChI=1S/C6H12O6.Ca.2H/c7-1-2(8)4(10)6(12)5(11)3(1)9;;;/h1-12H;;;/t1-,2-,3-,4+,5-,6-;;;. The Morgan fingerprint density at radius 3 is 0.538 bits per heavy atom. The van der Waals surface area contributed by atoms with Crippen LogP contribution in [0.15, 0.2) is 0 Å². The predicted octanol–water partition coefficient (Wildman–Crippen LogP) is -4.75. The van der Waals surface area contributed by atoms with Gasteiger partial charge in [0, 0.05) is 0 Å². The molecule has 1 rings (SSSR count). The fraction of sp³-hybridized carbons (Fsp3) is 1.00. The molecule has 1 fully saturated rings. The minimum absolute atomic E-state index is 0. The van der Waals surface area contributed by atoms with Gasteiger partial charge in [0.2, 0.25) is 0 Å². The van der Waals surface area contributed by atoms with E-state index in [-0.39, 0.29) is 37.7 Å². The molecule has 0 aliphatic heterocycles. The molecule has 6 N–H and O–H groups in total. The van der Waals surface area contributed by atoms with Gasteiger partial charge in [-0.1, -0.05) is 0 Å². The SMILES string of the molecule is O[C@H]1[C@H](O)[C@@H](O)[C@H](O)[C@@H](O)[C@H]1O.[CaH2]. The number of aliphatic hydroxyl groups excluding tert-OH is 6. The van der Waals surface area contributed by atoms with Crippen molar-refractivity contribution in [3.63, 3.8) is 0 Å². The molecular weight excluding hydrogens is 208 g/mol. The molecule has 13 heavy (non-hydrogen) atoms. The molecule has 0 bridgehead atoms. The van der Waals surface area contributed by atoms with E-state index < -0.39 is 36.6 Å². The fourth-order valence-corrected chi connectivity index (χ4v) is 1.21. The first-order valence-corrected chi connectivity index (χ1v) is 3.55. The van der Waals surface area contributed by atoms with E-state index in [1.807, 2.05) is 0 Å². The molecule has 0 amide bonds. The Balaban J connectivity index is 0.00000144. The molecule has 0 radical (unpaired) electrons. The van der Waals surface area contributed by atoms with Crippen LogP contribution < -0.4 is 0 Å². The van der Waals surface area contributed by atoms with Crippen molar-refractivity contribution in [1.82, 2.24) is 0 Å². The van der Waals surface area contributed by atoms with Gasteiger partial charge >= 0.3 is 37.7 Å². The quantitative estimate of drug-likeness (QED) is 0.229. The Morgan fingerprint density at radius 1 is 0.385 bits per heavy atom. The second-order valence-corrected chi connectivity index (χ2v) is 2.94. The average Bonchev–Trinajstić information content (AvgIpc) is 2.08. The third-order valence-electron chi connectivity index (χ3n) is 2.10. The van der Waals surface area contributed by atoms with Crippen LogP contribution in [0, 0.1) is 0 Å². The Labute approximate surface area is 104 Å². The van der Waals surface area contributed by atoms with Gasteiger partial charge in [-0.05, 0) is 0 Å². The minimum atomic E-state index is -1.64. The van der Waals surface area contributed by atoms with Crippen LogP contribution in [0.5, 0.6) is 0 Å². The van der Waals surface area contributed by atoms with E-state index in [9.17, 15) is 0 Å². The maximum atomic E-state index is 8.97. The first-order chi connectivity index (χ1) is 5.46. The molecule has 1 aliphatic rings. The Hall–Kier alpha value is 1.02. The van der Waals surface area contributed by atoms with Gasteiger partial charge in [-0.2, -0.15) is 0 Å². The van der Waals surface area contributed by atoms with E-state index >= 15 is 0 Å². The zero-order valence-electron chi connectivity index (χ0n) is 6.15. The summed E-state index contributed by atoms with van der Waals surface area (Å²) in [5.74, 6) is 0. The summed E-state index contributed by atoms with van der Waals surface area (Å²) in [6.45, 7) is 0. The van der Waals surface area contributed by atoms with Crippen molar-refractivity contribution in [3.8, 4) is 0 Å². The van der Waals surface area contributed by atoms with Crippen LogP contribution in [0.4, 0.5) is 0 Å². The number of aliphatic hydroxyl groups is 6. The summed E-state index contributed by atoms with van der Waals surface area (Å²) in [7, 11) is 0. The zero-order valence-corrected chi connectivity index (χ0v) is 6.15. The van der Waals surface area contributed by atoms with E-state index in [2.05, 4.69) is 0 Å². The predicted molar refractivity (Wildman–Crippen MR) is 44.6 cm³/mol. The van der Waals surface area contributed by atoms with Crippen LogP contribution in [0.2, 0.25) is 0 Å². The fourth-order valence-electron chi connectivity index (χ4n) is 1.21. The topological polar surface area (TPSA) is 121 Å². The van der Waals surface area contributed by atoms with E-state index in [0.717, 1.165) is 0 Å². The van der Waals surface area contributed by atoms with Crippen molar-refractivity contribution in [2.75, 3.05) is 0 Å². The number of hydrogen-bond donors (Lipinski definition) is 6. The molecule has 0 aromatic rings. The van der Waals surface area contributed by atoms with Crippen molar-refractivity contribution in [1.29, 1.82) is 0 Å². The summed E-state index contributed by atoms with van der Waals surface area (Å²) < 4.78 is 0. The van der Waals surface area contributed by atoms with Crippen LogP contribution >= 0.6 is 0 Å². The molecular formula is C6H14CaO6. The summed E-state index contributed by atoms with van der Waals surface area (Å²) in [4.78, 5) is 0. The molecule has 1 aliphatic carbocycles. The molecule has 76 valence electrons. The molecule has 0 aromatic heterocycles. The van der Waals surface area contributed by atoms with E-state index in [4.69, 9.17) is 30.6 Å². The third kappa shape index (κ3) is 2.53. The van der Waals surface area contributed by atoms with Crippen molar-refractivity contribution in [2.24, 2.45) is 0 Å². The van der Waals surface area contributed by atoms with Gasteiger partial charge in [-0.15, -0.1) is 0 Å². The van der Waals surface area contributed by atoms with E-state index in [0.29, 0.717) is 0 Å². The van der Waals surface area contributed by atoms with Gasteiger partial charge in [0.05, 0.1) is 0 Å². The summed E-state index contributed by atoms with van der Waals surface area (Å²) >= 11 is 0. The van der Waals surface area contributed by atoms with Crippen LogP contribution in [-0.4, -0.2) is 105 Å². The third-order valence-corrected chi connectivity index (χ3v) is 2.10. The summed E-state index contributed by atoms with van der Waals surface area (Å²) in [5.41, 5.74) is 0. The normalized spacial score (nSPS) is 51.2. The van der Waals surface area contributed by atoms with Gasteiger partial charge in [0.1, 0.15) is 36.6 Å². The van der Waals surface area contributed by atoms with Gasteiger partial charge in [0.15, 0.2) is 0 Å². The molecule has 0 aromatic carbocycles. The van der Waals surface area contributed by atoms with Gasteiger partial charge in [-0.25, -0.2) is 0 Å². The van der Waals surface area contributed by atoms with E-state index in [1.54, 1.807) is 0 Å². The Morgan fingerprint density at radius 2 is 0.462 bits per heavy atom. The summed E-state index contributed by atoms with van der Waals surface area (Å²) in [6.07, 6.45) is -9.84. The van der Waals surface area contributed by atoms with Gasteiger partial charge in [-0.3, -0.25) is 0 Å². The Kier molecular flexibility index (Phi) is 5.61. The molecule has 0 unspecified atom stereocenters. The molecule has 7 heteroatoms. The first-order valence-electron chi connectivity index (χ1n) is 3.55. The second kappa shape index (κ2) is 5.20. The van der Waals surface area contributed by atoms with Crippen molar-refractivity contribution in [3.05, 3.63) is 0 Å². The molecule has 6 nitrogen and oxygen atoms in total. The van der Waals surface area contributed by atoms with Crippen LogP contribution in [0.25, 0.3) is 0 Å². The molecule has 0 heterocycles. The monoisotopic (exact) mass is 222 g/mol. The molecule has 0 atom stereocenters. The van der Waals surface area contributed by atoms with Crippen LogP contribution in [0.3, 0.4) is 0 Å². The van der Waals surface area contributed by atoms with Gasteiger partial charge < -0.3 is 30.6 Å². The molecule has 0 saturated heterocycles. The number of rotatable bonds is 0. The van der Waals surface area contributed by atoms with E-state index in [1.165, 1.54) is 0 Å². The zero-order chi connectivity index (χ0) is 9.46. The second-order valence-electron chi connectivity index (χ2n) is 2.94. The molecule has 1 saturated carbocycles. The number of hydrogen-bond acceptors (Lipinski definition) is 6. The van der Waals surface area contributed by atoms with Crippen LogP contribution in [0.1, 0.15) is 0 Å². The molecule has 0 spiro atoms. The van der Waals surface area contributed by atoms with Crippen molar-refractivity contribution in [2.45, 2.75) is 36.6 Å². The average molecular weight is 222 g/mol. The Bertz CT molecular complexity index is 109.